The van der Waals surface area contributed by atoms with E-state index in [0.717, 1.165) is 11.1 Å². The molecule has 0 aliphatic rings. The molecule has 0 radical (unpaired) electrons. The van der Waals surface area contributed by atoms with Gasteiger partial charge in [-0.15, -0.1) is 11.3 Å². The summed E-state index contributed by atoms with van der Waals surface area (Å²) in [7, 11) is -3.58. The van der Waals surface area contributed by atoms with Crippen molar-refractivity contribution in [3.8, 4) is 0 Å². The van der Waals surface area contributed by atoms with Crippen molar-refractivity contribution in [2.45, 2.75) is 29.2 Å². The highest BCUT2D eigenvalue weighted by Gasteiger charge is 2.30. The minimum atomic E-state index is -3.58. The molecule has 4 nitrogen and oxygen atoms in total. The Balaban J connectivity index is 1.72. The summed E-state index contributed by atoms with van der Waals surface area (Å²) < 4.78 is 26.6. The summed E-state index contributed by atoms with van der Waals surface area (Å²) in [5.74, 6) is -0.151. The van der Waals surface area contributed by atoms with Gasteiger partial charge in [0, 0.05) is 13.0 Å². The summed E-state index contributed by atoms with van der Waals surface area (Å²) in [6.45, 7) is 2.01. The Labute approximate surface area is 170 Å². The molecular formula is C22H23NO3S2. The molecule has 28 heavy (non-hydrogen) atoms. The Morgan fingerprint density at radius 3 is 2.36 bits per heavy atom. The van der Waals surface area contributed by atoms with Crippen LogP contribution in [0.2, 0.25) is 0 Å². The molecule has 146 valence electrons. The van der Waals surface area contributed by atoms with Crippen LogP contribution < -0.4 is 5.32 Å². The first-order chi connectivity index (χ1) is 13.5. The summed E-state index contributed by atoms with van der Waals surface area (Å²) in [5, 5.41) is 3.76. The van der Waals surface area contributed by atoms with Crippen LogP contribution in [0.15, 0.2) is 76.3 Å². The van der Waals surface area contributed by atoms with Gasteiger partial charge in [-0.3, -0.25) is 4.79 Å². The van der Waals surface area contributed by atoms with Gasteiger partial charge < -0.3 is 5.32 Å². The second-order valence-electron chi connectivity index (χ2n) is 6.67. The molecule has 1 heterocycles. The van der Waals surface area contributed by atoms with Crippen molar-refractivity contribution in [1.82, 2.24) is 5.32 Å². The monoisotopic (exact) mass is 413 g/mol. The summed E-state index contributed by atoms with van der Waals surface area (Å²) in [4.78, 5) is 12.3. The number of hydrogen-bond acceptors (Lipinski definition) is 4. The zero-order chi connectivity index (χ0) is 20.0. The summed E-state index contributed by atoms with van der Waals surface area (Å²) >= 11 is 1.20. The second-order valence-corrected chi connectivity index (χ2v) is 9.97. The lowest BCUT2D eigenvalue weighted by molar-refractivity contribution is -0.121. The third-order valence-corrected chi connectivity index (χ3v) is 8.10. The molecule has 0 aliphatic heterocycles. The molecule has 1 N–H and O–H groups in total. The molecule has 0 saturated heterocycles. The van der Waals surface area contributed by atoms with Crippen LogP contribution in [0.5, 0.6) is 0 Å². The van der Waals surface area contributed by atoms with Crippen LogP contribution in [0.3, 0.4) is 0 Å². The average Bonchev–Trinajstić information content (AvgIpc) is 3.24. The van der Waals surface area contributed by atoms with Gasteiger partial charge in [0.2, 0.25) is 5.91 Å². The van der Waals surface area contributed by atoms with E-state index in [0.29, 0.717) is 22.6 Å². The Kier molecular flexibility index (Phi) is 6.65. The van der Waals surface area contributed by atoms with Crippen molar-refractivity contribution in [2.75, 3.05) is 6.54 Å². The number of aryl methyl sites for hydroxylation is 2. The lowest BCUT2D eigenvalue weighted by Gasteiger charge is -2.18. The number of thiophene rings is 1. The van der Waals surface area contributed by atoms with Crippen molar-refractivity contribution in [3.63, 3.8) is 0 Å². The Bertz CT molecular complexity index is 996. The number of carbonyl (C=O) groups is 1. The number of sulfone groups is 1. The van der Waals surface area contributed by atoms with Crippen molar-refractivity contribution < 1.29 is 13.2 Å². The van der Waals surface area contributed by atoms with E-state index in [4.69, 9.17) is 0 Å². The number of amides is 1. The van der Waals surface area contributed by atoms with Crippen LogP contribution >= 0.6 is 11.3 Å². The molecule has 0 saturated carbocycles. The SMILES string of the molecule is Cc1ccc([C@H](CNC(=O)CCc2ccccc2)S(=O)(=O)c2cccs2)cc1. The molecule has 1 aromatic heterocycles. The lowest BCUT2D eigenvalue weighted by atomic mass is 10.1. The van der Waals surface area contributed by atoms with Gasteiger partial charge >= 0.3 is 0 Å². The van der Waals surface area contributed by atoms with Crippen molar-refractivity contribution in [1.29, 1.82) is 0 Å². The van der Waals surface area contributed by atoms with Crippen LogP contribution in [-0.4, -0.2) is 20.9 Å². The zero-order valence-corrected chi connectivity index (χ0v) is 17.3. The maximum absolute atomic E-state index is 13.1. The van der Waals surface area contributed by atoms with Gasteiger partial charge in [0.15, 0.2) is 9.84 Å². The smallest absolute Gasteiger partial charge is 0.220 e. The molecule has 0 bridgehead atoms. The first kappa shape index (κ1) is 20.3. The molecule has 0 aliphatic carbocycles. The number of benzene rings is 2. The second kappa shape index (κ2) is 9.17. The van der Waals surface area contributed by atoms with Crippen LogP contribution in [0.25, 0.3) is 0 Å². The normalized spacial score (nSPS) is 12.5. The maximum Gasteiger partial charge on any atom is 0.220 e. The fourth-order valence-corrected chi connectivity index (χ4v) is 5.82. The van der Waals surface area contributed by atoms with E-state index in [-0.39, 0.29) is 12.5 Å². The molecule has 0 fully saturated rings. The van der Waals surface area contributed by atoms with E-state index in [1.807, 2.05) is 61.5 Å². The summed E-state index contributed by atoms with van der Waals surface area (Å²) in [5.41, 5.74) is 2.82. The van der Waals surface area contributed by atoms with E-state index < -0.39 is 15.1 Å². The number of carbonyl (C=O) groups excluding carboxylic acids is 1. The molecule has 3 aromatic rings. The Morgan fingerprint density at radius 1 is 1.00 bits per heavy atom. The molecule has 0 unspecified atom stereocenters. The van der Waals surface area contributed by atoms with Crippen LogP contribution in [0, 0.1) is 6.92 Å². The van der Waals surface area contributed by atoms with Gasteiger partial charge in [0.1, 0.15) is 9.46 Å². The molecule has 2 aromatic carbocycles. The van der Waals surface area contributed by atoms with E-state index in [2.05, 4.69) is 5.32 Å². The molecule has 3 rings (SSSR count). The number of rotatable bonds is 8. The Hall–Kier alpha value is -2.44. The van der Waals surface area contributed by atoms with E-state index in [1.165, 1.54) is 11.3 Å². The van der Waals surface area contributed by atoms with Crippen LogP contribution in [0.1, 0.15) is 28.4 Å². The number of hydrogen-bond donors (Lipinski definition) is 1. The molecule has 1 atom stereocenters. The van der Waals surface area contributed by atoms with Gasteiger partial charge in [0.25, 0.3) is 0 Å². The minimum absolute atomic E-state index is 0.0525. The third-order valence-electron chi connectivity index (χ3n) is 4.57. The average molecular weight is 414 g/mol. The van der Waals surface area contributed by atoms with Crippen molar-refractivity contribution in [2.24, 2.45) is 0 Å². The van der Waals surface area contributed by atoms with Gasteiger partial charge in [-0.25, -0.2) is 8.42 Å². The topological polar surface area (TPSA) is 63.2 Å². The fraction of sp³-hybridized carbons (Fsp3) is 0.227. The molecule has 6 heteroatoms. The van der Waals surface area contributed by atoms with Gasteiger partial charge in [-0.2, -0.15) is 0 Å². The zero-order valence-electron chi connectivity index (χ0n) is 15.7. The third kappa shape index (κ3) is 5.09. The highest BCUT2D eigenvalue weighted by atomic mass is 32.2. The minimum Gasteiger partial charge on any atom is -0.354 e. The van der Waals surface area contributed by atoms with Gasteiger partial charge in [0.05, 0.1) is 0 Å². The largest absolute Gasteiger partial charge is 0.354 e. The van der Waals surface area contributed by atoms with Crippen LogP contribution in [0.4, 0.5) is 0 Å². The molecule has 0 spiro atoms. The predicted octanol–water partition coefficient (Wildman–Crippen LogP) is 4.32. The standard InChI is InChI=1S/C22H23NO3S2/c1-17-9-12-19(13-10-17)20(28(25,26)22-8-5-15-27-22)16-23-21(24)14-11-18-6-3-2-4-7-18/h2-10,12-13,15,20H,11,14,16H2,1H3,(H,23,24)/t20-/m0/s1. The van der Waals surface area contributed by atoms with Crippen molar-refractivity contribution in [3.05, 3.63) is 88.8 Å². The fourth-order valence-electron chi connectivity index (χ4n) is 2.95. The summed E-state index contributed by atoms with van der Waals surface area (Å²) in [6.07, 6.45) is 0.948. The van der Waals surface area contributed by atoms with E-state index in [9.17, 15) is 13.2 Å². The molecule has 1 amide bonds. The van der Waals surface area contributed by atoms with E-state index >= 15 is 0 Å². The van der Waals surface area contributed by atoms with E-state index in [1.54, 1.807) is 17.5 Å². The quantitative estimate of drug-likeness (QED) is 0.598. The van der Waals surface area contributed by atoms with Crippen LogP contribution in [-0.2, 0) is 21.1 Å². The maximum atomic E-state index is 13.1. The first-order valence-electron chi connectivity index (χ1n) is 9.11. The highest BCUT2D eigenvalue weighted by molar-refractivity contribution is 7.93. The summed E-state index contributed by atoms with van der Waals surface area (Å²) in [6, 6.07) is 20.5. The first-order valence-corrected chi connectivity index (χ1v) is 11.5. The highest BCUT2D eigenvalue weighted by Crippen LogP contribution is 2.31. The number of nitrogens with one attached hydrogen (secondary N) is 1. The van der Waals surface area contributed by atoms with Gasteiger partial charge in [-0.1, -0.05) is 66.2 Å². The van der Waals surface area contributed by atoms with Gasteiger partial charge in [-0.05, 0) is 35.9 Å². The predicted molar refractivity (Wildman–Crippen MR) is 113 cm³/mol. The molecular weight excluding hydrogens is 390 g/mol. The lowest BCUT2D eigenvalue weighted by Crippen LogP contribution is -2.31. The Morgan fingerprint density at radius 2 is 1.71 bits per heavy atom. The van der Waals surface area contributed by atoms with Crippen molar-refractivity contribution >= 4 is 27.1 Å².